The van der Waals surface area contributed by atoms with Gasteiger partial charge in [0, 0.05) is 11.5 Å². The van der Waals surface area contributed by atoms with Crippen LogP contribution in [-0.2, 0) is 4.65 Å². The molecule has 0 radical (unpaired) electrons. The number of hydrogen-bond acceptors (Lipinski definition) is 4. The lowest BCUT2D eigenvalue weighted by atomic mass is 9.82. The van der Waals surface area contributed by atoms with Crippen LogP contribution in [0.2, 0.25) is 0 Å². The predicted molar refractivity (Wildman–Crippen MR) is 46.2 cm³/mol. The fraction of sp³-hybridized carbons (Fsp3) is 1.00. The van der Waals surface area contributed by atoms with Gasteiger partial charge in [-0.05, 0) is 13.8 Å². The zero-order chi connectivity index (χ0) is 9.94. The second-order valence-corrected chi connectivity index (χ2v) is 3.60. The summed E-state index contributed by atoms with van der Waals surface area (Å²) in [7, 11) is -1.78. The van der Waals surface area contributed by atoms with Crippen molar-refractivity contribution < 1.29 is 19.8 Å². The summed E-state index contributed by atoms with van der Waals surface area (Å²) < 4.78 is 4.73. The van der Waals surface area contributed by atoms with Crippen molar-refractivity contribution in [2.75, 3.05) is 0 Å². The quantitative estimate of drug-likeness (QED) is 0.517. The van der Waals surface area contributed by atoms with E-state index in [1.54, 1.807) is 27.7 Å². The Bertz CT molecular complexity index is 135. The summed E-state index contributed by atoms with van der Waals surface area (Å²) in [4.78, 5) is 0. The SMILES string of the molecule is CC(O)C(C)(C)C(C)OB(O)O. The standard InChI is InChI=1S/C7H17BO4/c1-5(9)7(3,4)6(2)12-8(10)11/h5-6,9-11H,1-4H3. The van der Waals surface area contributed by atoms with E-state index in [9.17, 15) is 5.11 Å². The van der Waals surface area contributed by atoms with Gasteiger partial charge in [0.15, 0.2) is 0 Å². The highest BCUT2D eigenvalue weighted by Crippen LogP contribution is 2.27. The average molecular weight is 176 g/mol. The van der Waals surface area contributed by atoms with Gasteiger partial charge in [-0.25, -0.2) is 0 Å². The molecule has 5 heteroatoms. The van der Waals surface area contributed by atoms with Gasteiger partial charge in [0.25, 0.3) is 0 Å². The molecule has 72 valence electrons. The molecule has 0 saturated carbocycles. The van der Waals surface area contributed by atoms with Crippen LogP contribution in [-0.4, -0.2) is 34.7 Å². The second-order valence-electron chi connectivity index (χ2n) is 3.60. The van der Waals surface area contributed by atoms with Crippen LogP contribution >= 0.6 is 0 Å². The lowest BCUT2D eigenvalue weighted by molar-refractivity contribution is -0.0343. The molecule has 12 heavy (non-hydrogen) atoms. The minimum Gasteiger partial charge on any atom is -0.402 e. The van der Waals surface area contributed by atoms with Gasteiger partial charge in [-0.1, -0.05) is 13.8 Å². The minimum atomic E-state index is -1.78. The first-order valence-electron chi connectivity index (χ1n) is 3.98. The van der Waals surface area contributed by atoms with E-state index in [1.165, 1.54) is 0 Å². The van der Waals surface area contributed by atoms with Gasteiger partial charge in [0.1, 0.15) is 0 Å². The third-order valence-electron chi connectivity index (χ3n) is 2.45. The molecular weight excluding hydrogens is 159 g/mol. The summed E-state index contributed by atoms with van der Waals surface area (Å²) in [5.74, 6) is 0. The van der Waals surface area contributed by atoms with Crippen molar-refractivity contribution in [2.24, 2.45) is 5.41 Å². The van der Waals surface area contributed by atoms with Gasteiger partial charge >= 0.3 is 7.32 Å². The Kier molecular flexibility index (Phi) is 4.20. The van der Waals surface area contributed by atoms with Crippen molar-refractivity contribution in [3.8, 4) is 0 Å². The Hall–Kier alpha value is -0.0951. The highest BCUT2D eigenvalue weighted by atomic mass is 16.6. The van der Waals surface area contributed by atoms with Crippen molar-refractivity contribution >= 4 is 7.32 Å². The summed E-state index contributed by atoms with van der Waals surface area (Å²) in [5.41, 5.74) is -0.496. The van der Waals surface area contributed by atoms with Crippen molar-refractivity contribution in [1.82, 2.24) is 0 Å². The van der Waals surface area contributed by atoms with Gasteiger partial charge in [-0.2, -0.15) is 0 Å². The molecule has 0 amide bonds. The van der Waals surface area contributed by atoms with Crippen molar-refractivity contribution in [3.63, 3.8) is 0 Å². The summed E-state index contributed by atoms with van der Waals surface area (Å²) >= 11 is 0. The van der Waals surface area contributed by atoms with E-state index in [0.717, 1.165) is 0 Å². The van der Waals surface area contributed by atoms with Crippen LogP contribution in [0, 0.1) is 5.41 Å². The topological polar surface area (TPSA) is 69.9 Å². The highest BCUT2D eigenvalue weighted by molar-refractivity contribution is 6.32. The largest absolute Gasteiger partial charge is 0.634 e. The molecule has 0 heterocycles. The summed E-state index contributed by atoms with van der Waals surface area (Å²) in [6.07, 6.45) is -0.983. The summed E-state index contributed by atoms with van der Waals surface area (Å²) in [6, 6.07) is 0. The Morgan fingerprint density at radius 2 is 1.67 bits per heavy atom. The second kappa shape index (κ2) is 4.23. The lowest BCUT2D eigenvalue weighted by Crippen LogP contribution is -2.41. The molecule has 2 unspecified atom stereocenters. The Balaban J connectivity index is 4.15. The van der Waals surface area contributed by atoms with Gasteiger partial charge in [0.2, 0.25) is 0 Å². The number of hydrogen-bond donors (Lipinski definition) is 3. The molecule has 0 aliphatic carbocycles. The van der Waals surface area contributed by atoms with E-state index >= 15 is 0 Å². The molecule has 0 fully saturated rings. The third kappa shape index (κ3) is 3.10. The molecule has 0 spiro atoms. The molecule has 0 aromatic carbocycles. The molecule has 3 N–H and O–H groups in total. The van der Waals surface area contributed by atoms with Crippen LogP contribution in [0.4, 0.5) is 0 Å². The first-order valence-corrected chi connectivity index (χ1v) is 3.98. The van der Waals surface area contributed by atoms with Crippen molar-refractivity contribution in [3.05, 3.63) is 0 Å². The van der Waals surface area contributed by atoms with E-state index in [-0.39, 0.29) is 0 Å². The smallest absolute Gasteiger partial charge is 0.402 e. The van der Waals surface area contributed by atoms with Crippen LogP contribution in [0.5, 0.6) is 0 Å². The van der Waals surface area contributed by atoms with E-state index in [0.29, 0.717) is 0 Å². The predicted octanol–water partition coefficient (Wildman–Crippen LogP) is -0.232. The maximum atomic E-state index is 9.32. The summed E-state index contributed by atoms with van der Waals surface area (Å²) in [5, 5.41) is 26.4. The Morgan fingerprint density at radius 3 is 1.92 bits per heavy atom. The van der Waals surface area contributed by atoms with Crippen molar-refractivity contribution in [1.29, 1.82) is 0 Å². The molecule has 0 saturated heterocycles. The van der Waals surface area contributed by atoms with E-state index in [1.807, 2.05) is 0 Å². The van der Waals surface area contributed by atoms with Crippen LogP contribution < -0.4 is 0 Å². The fourth-order valence-corrected chi connectivity index (χ4v) is 0.698. The first-order chi connectivity index (χ1) is 5.28. The normalized spacial score (nSPS) is 17.2. The maximum Gasteiger partial charge on any atom is 0.634 e. The van der Waals surface area contributed by atoms with Gasteiger partial charge < -0.3 is 19.8 Å². The molecule has 2 atom stereocenters. The lowest BCUT2D eigenvalue weighted by Gasteiger charge is -2.34. The third-order valence-corrected chi connectivity index (χ3v) is 2.45. The minimum absolute atomic E-state index is 0.419. The zero-order valence-electron chi connectivity index (χ0n) is 7.98. The van der Waals surface area contributed by atoms with Gasteiger partial charge in [0.05, 0.1) is 6.10 Å². The van der Waals surface area contributed by atoms with Crippen molar-refractivity contribution in [2.45, 2.75) is 39.9 Å². The molecule has 0 aliphatic rings. The monoisotopic (exact) mass is 176 g/mol. The first kappa shape index (κ1) is 11.9. The maximum absolute atomic E-state index is 9.32. The average Bonchev–Trinajstić information content (AvgIpc) is 1.85. The van der Waals surface area contributed by atoms with Gasteiger partial charge in [-0.15, -0.1) is 0 Å². The highest BCUT2D eigenvalue weighted by Gasteiger charge is 2.33. The van der Waals surface area contributed by atoms with E-state index in [2.05, 4.69) is 0 Å². The number of aliphatic hydroxyl groups is 1. The van der Waals surface area contributed by atoms with E-state index < -0.39 is 24.9 Å². The number of aliphatic hydroxyl groups excluding tert-OH is 1. The van der Waals surface area contributed by atoms with Crippen LogP contribution in [0.3, 0.4) is 0 Å². The molecule has 4 nitrogen and oxygen atoms in total. The van der Waals surface area contributed by atoms with Crippen LogP contribution in [0.1, 0.15) is 27.7 Å². The van der Waals surface area contributed by atoms with Crippen LogP contribution in [0.15, 0.2) is 0 Å². The molecule has 0 rings (SSSR count). The molecule has 0 aromatic rings. The fourth-order valence-electron chi connectivity index (χ4n) is 0.698. The Labute approximate surface area is 73.4 Å². The zero-order valence-corrected chi connectivity index (χ0v) is 7.98. The summed E-state index contributed by atoms with van der Waals surface area (Å²) in [6.45, 7) is 6.92. The molecule has 0 aromatic heterocycles. The molecule has 0 bridgehead atoms. The molecule has 0 aliphatic heterocycles. The molecular formula is C7H17BO4. The number of rotatable bonds is 4. The van der Waals surface area contributed by atoms with E-state index in [4.69, 9.17) is 14.7 Å². The van der Waals surface area contributed by atoms with Crippen LogP contribution in [0.25, 0.3) is 0 Å². The van der Waals surface area contributed by atoms with Gasteiger partial charge in [-0.3, -0.25) is 0 Å². The Morgan fingerprint density at radius 1 is 1.25 bits per heavy atom.